The summed E-state index contributed by atoms with van der Waals surface area (Å²) >= 11 is 1.60. The lowest BCUT2D eigenvalue weighted by Gasteiger charge is -2.29. The zero-order chi connectivity index (χ0) is 15.6. The highest BCUT2D eigenvalue weighted by molar-refractivity contribution is 7.99. The minimum atomic E-state index is -0.547. The third-order valence-corrected chi connectivity index (χ3v) is 4.45. The van der Waals surface area contributed by atoms with Gasteiger partial charge in [-0.25, -0.2) is 4.79 Å². The number of nitrogens with zero attached hydrogens (tertiary/aromatic N) is 1. The molecule has 1 aromatic rings. The molecule has 5 heteroatoms. The average molecular weight is 307 g/mol. The van der Waals surface area contributed by atoms with Crippen molar-refractivity contribution in [3.63, 3.8) is 0 Å². The summed E-state index contributed by atoms with van der Waals surface area (Å²) in [6.45, 7) is 7.00. The lowest BCUT2D eigenvalue weighted by Crippen LogP contribution is -2.44. The van der Waals surface area contributed by atoms with E-state index in [9.17, 15) is 9.59 Å². The summed E-state index contributed by atoms with van der Waals surface area (Å²) in [7, 11) is 0. The molecule has 0 N–H and O–H groups in total. The van der Waals surface area contributed by atoms with Crippen LogP contribution in [-0.4, -0.2) is 34.2 Å². The van der Waals surface area contributed by atoms with E-state index in [1.807, 2.05) is 51.1 Å². The van der Waals surface area contributed by atoms with Crippen molar-refractivity contribution in [1.29, 1.82) is 0 Å². The molecule has 0 bridgehead atoms. The molecule has 1 heterocycles. The first kappa shape index (κ1) is 15.9. The first-order valence-corrected chi connectivity index (χ1v) is 8.03. The zero-order valence-corrected chi connectivity index (χ0v) is 13.6. The molecule has 1 fully saturated rings. The molecular formula is C16H21NO3S. The molecule has 1 amide bonds. The number of rotatable bonds is 2. The van der Waals surface area contributed by atoms with Crippen molar-refractivity contribution in [3.8, 4) is 0 Å². The first-order valence-electron chi connectivity index (χ1n) is 6.98. The lowest BCUT2D eigenvalue weighted by molar-refractivity contribution is -0.163. The van der Waals surface area contributed by atoms with Crippen molar-refractivity contribution in [2.75, 3.05) is 5.75 Å². The second-order valence-corrected chi connectivity index (χ2v) is 7.19. The zero-order valence-electron chi connectivity index (χ0n) is 12.8. The molecule has 0 saturated carbocycles. The van der Waals surface area contributed by atoms with Crippen LogP contribution in [0.25, 0.3) is 0 Å². The fraction of sp³-hybridized carbons (Fsp3) is 0.500. The van der Waals surface area contributed by atoms with Gasteiger partial charge in [-0.1, -0.05) is 30.3 Å². The molecule has 1 aliphatic heterocycles. The van der Waals surface area contributed by atoms with Gasteiger partial charge in [-0.05, 0) is 26.3 Å². The van der Waals surface area contributed by atoms with E-state index >= 15 is 0 Å². The van der Waals surface area contributed by atoms with Crippen LogP contribution in [0.3, 0.4) is 0 Å². The van der Waals surface area contributed by atoms with Crippen LogP contribution in [0.4, 0.5) is 0 Å². The van der Waals surface area contributed by atoms with Gasteiger partial charge >= 0.3 is 5.97 Å². The quantitative estimate of drug-likeness (QED) is 0.788. The minimum Gasteiger partial charge on any atom is -0.458 e. The number of benzene rings is 1. The number of esters is 1. The van der Waals surface area contributed by atoms with Crippen molar-refractivity contribution in [1.82, 2.24) is 4.90 Å². The molecule has 2 unspecified atom stereocenters. The Morgan fingerprint density at radius 3 is 2.38 bits per heavy atom. The SMILES string of the molecule is CC(=O)N1C(C(=O)OC(C)(C)C)CSC1c1ccccc1. The standard InChI is InChI=1S/C16H21NO3S/c1-11(18)17-13(15(19)20-16(2,3)4)10-21-14(17)12-8-6-5-7-9-12/h5-9,13-14H,10H2,1-4H3. The molecule has 4 nitrogen and oxygen atoms in total. The fourth-order valence-corrected chi connectivity index (χ4v) is 3.78. The van der Waals surface area contributed by atoms with E-state index in [4.69, 9.17) is 4.74 Å². The summed E-state index contributed by atoms with van der Waals surface area (Å²) in [5.41, 5.74) is 0.485. The van der Waals surface area contributed by atoms with Crippen LogP contribution in [0.15, 0.2) is 30.3 Å². The predicted octanol–water partition coefficient (Wildman–Crippen LogP) is 2.99. The maximum absolute atomic E-state index is 12.3. The Morgan fingerprint density at radius 1 is 1.24 bits per heavy atom. The van der Waals surface area contributed by atoms with Crippen LogP contribution < -0.4 is 0 Å². The number of ether oxygens (including phenoxy) is 1. The Labute approximate surface area is 129 Å². The van der Waals surface area contributed by atoms with Gasteiger partial charge in [-0.3, -0.25) is 4.79 Å². The summed E-state index contributed by atoms with van der Waals surface area (Å²) in [5.74, 6) is 0.127. The second kappa shape index (κ2) is 6.10. The maximum atomic E-state index is 12.3. The van der Waals surface area contributed by atoms with Crippen LogP contribution in [-0.2, 0) is 14.3 Å². The Kier molecular flexibility index (Phi) is 4.61. The molecule has 21 heavy (non-hydrogen) atoms. The Balaban J connectivity index is 2.22. The van der Waals surface area contributed by atoms with Gasteiger partial charge < -0.3 is 9.64 Å². The van der Waals surface area contributed by atoms with Gasteiger partial charge in [0.25, 0.3) is 0 Å². The summed E-state index contributed by atoms with van der Waals surface area (Å²) < 4.78 is 5.44. The largest absolute Gasteiger partial charge is 0.458 e. The van der Waals surface area contributed by atoms with Crippen LogP contribution in [0.2, 0.25) is 0 Å². The molecule has 1 saturated heterocycles. The number of thioether (sulfide) groups is 1. The third kappa shape index (κ3) is 3.79. The van der Waals surface area contributed by atoms with Gasteiger partial charge in [-0.2, -0.15) is 0 Å². The van der Waals surface area contributed by atoms with Crippen LogP contribution in [0, 0.1) is 0 Å². The molecule has 0 radical (unpaired) electrons. The van der Waals surface area contributed by atoms with Crippen molar-refractivity contribution in [2.24, 2.45) is 0 Å². The van der Waals surface area contributed by atoms with Crippen molar-refractivity contribution in [2.45, 2.75) is 44.7 Å². The number of hydrogen-bond donors (Lipinski definition) is 0. The van der Waals surface area contributed by atoms with Gasteiger partial charge in [0.2, 0.25) is 5.91 Å². The van der Waals surface area contributed by atoms with Crippen molar-refractivity contribution >= 4 is 23.6 Å². The van der Waals surface area contributed by atoms with E-state index in [2.05, 4.69) is 0 Å². The Hall–Kier alpha value is -1.49. The summed E-state index contributed by atoms with van der Waals surface area (Å²) in [6, 6.07) is 9.25. The van der Waals surface area contributed by atoms with Crippen molar-refractivity contribution in [3.05, 3.63) is 35.9 Å². The topological polar surface area (TPSA) is 46.6 Å². The number of carbonyl (C=O) groups is 2. The molecule has 114 valence electrons. The van der Waals surface area contributed by atoms with E-state index in [0.717, 1.165) is 5.56 Å². The highest BCUT2D eigenvalue weighted by Crippen LogP contribution is 2.41. The van der Waals surface area contributed by atoms with Crippen molar-refractivity contribution < 1.29 is 14.3 Å². The van der Waals surface area contributed by atoms with Crippen LogP contribution in [0.5, 0.6) is 0 Å². The van der Waals surface area contributed by atoms with Gasteiger partial charge in [0, 0.05) is 12.7 Å². The van der Waals surface area contributed by atoms with Crippen LogP contribution >= 0.6 is 11.8 Å². The lowest BCUT2D eigenvalue weighted by atomic mass is 10.1. The van der Waals surface area contributed by atoms with E-state index in [0.29, 0.717) is 5.75 Å². The molecule has 1 aliphatic rings. The van der Waals surface area contributed by atoms with E-state index in [-0.39, 0.29) is 17.3 Å². The normalized spacial score (nSPS) is 22.2. The van der Waals surface area contributed by atoms with Crippen LogP contribution in [0.1, 0.15) is 38.6 Å². The maximum Gasteiger partial charge on any atom is 0.330 e. The molecule has 0 aliphatic carbocycles. The van der Waals surface area contributed by atoms with E-state index in [1.165, 1.54) is 6.92 Å². The minimum absolute atomic E-state index is 0.107. The molecule has 2 rings (SSSR count). The Bertz CT molecular complexity index is 524. The second-order valence-electron chi connectivity index (χ2n) is 6.07. The molecule has 2 atom stereocenters. The molecule has 1 aromatic carbocycles. The van der Waals surface area contributed by atoms with Gasteiger partial charge in [0.1, 0.15) is 17.0 Å². The predicted molar refractivity (Wildman–Crippen MR) is 83.8 cm³/mol. The summed E-state index contributed by atoms with van der Waals surface area (Å²) in [4.78, 5) is 26.0. The monoisotopic (exact) mass is 307 g/mol. The highest BCUT2D eigenvalue weighted by atomic mass is 32.2. The summed E-state index contributed by atoms with van der Waals surface area (Å²) in [6.07, 6.45) is 0. The highest BCUT2D eigenvalue weighted by Gasteiger charge is 2.42. The van der Waals surface area contributed by atoms with Gasteiger partial charge in [-0.15, -0.1) is 11.8 Å². The number of amides is 1. The van der Waals surface area contributed by atoms with Gasteiger partial charge in [0.05, 0.1) is 0 Å². The fourth-order valence-electron chi connectivity index (χ4n) is 2.32. The average Bonchev–Trinajstić information content (AvgIpc) is 2.82. The summed E-state index contributed by atoms with van der Waals surface area (Å²) in [5, 5.41) is -0.124. The molecule has 0 spiro atoms. The van der Waals surface area contributed by atoms with E-state index in [1.54, 1.807) is 16.7 Å². The number of hydrogen-bond acceptors (Lipinski definition) is 4. The van der Waals surface area contributed by atoms with E-state index < -0.39 is 11.6 Å². The Morgan fingerprint density at radius 2 is 1.86 bits per heavy atom. The smallest absolute Gasteiger partial charge is 0.330 e. The third-order valence-electron chi connectivity index (χ3n) is 3.13. The first-order chi connectivity index (χ1) is 9.79. The molecular weight excluding hydrogens is 286 g/mol. The van der Waals surface area contributed by atoms with Gasteiger partial charge in [0.15, 0.2) is 0 Å². The number of carbonyl (C=O) groups excluding carboxylic acids is 2. The molecule has 0 aromatic heterocycles.